The van der Waals surface area contributed by atoms with Gasteiger partial charge in [0.2, 0.25) is 0 Å². The van der Waals surface area contributed by atoms with Gasteiger partial charge in [-0.2, -0.15) is 0 Å². The minimum Gasteiger partial charge on any atom is -0.492 e. The lowest BCUT2D eigenvalue weighted by Crippen LogP contribution is -2.31. The third-order valence-corrected chi connectivity index (χ3v) is 4.70. The summed E-state index contributed by atoms with van der Waals surface area (Å²) < 4.78 is 19.7. The van der Waals surface area contributed by atoms with E-state index in [2.05, 4.69) is 35.7 Å². The van der Waals surface area contributed by atoms with Crippen LogP contribution in [0.5, 0.6) is 5.75 Å². The van der Waals surface area contributed by atoms with Gasteiger partial charge in [0.1, 0.15) is 5.82 Å². The molecule has 0 radical (unpaired) electrons. The zero-order valence-corrected chi connectivity index (χ0v) is 14.9. The standard InChI is InChI=1S/C18H19ClFN3O/c1-9-13-10(2)22-16(23-17(13)21-8-18(9,3)4)11-6-7-12(19)15(24-5)14(11)20/h6-7H,1,8H2,2-5H3,(H,21,22,23). The Labute approximate surface area is 145 Å². The summed E-state index contributed by atoms with van der Waals surface area (Å²) in [4.78, 5) is 8.99. The number of aromatic nitrogens is 2. The Bertz CT molecular complexity index is 849. The van der Waals surface area contributed by atoms with Crippen LogP contribution in [0, 0.1) is 18.2 Å². The molecule has 0 saturated heterocycles. The van der Waals surface area contributed by atoms with Gasteiger partial charge in [0.15, 0.2) is 17.4 Å². The molecule has 24 heavy (non-hydrogen) atoms. The van der Waals surface area contributed by atoms with Gasteiger partial charge in [-0.1, -0.05) is 32.0 Å². The van der Waals surface area contributed by atoms with Gasteiger partial charge < -0.3 is 10.1 Å². The van der Waals surface area contributed by atoms with Gasteiger partial charge in [0, 0.05) is 17.5 Å². The highest BCUT2D eigenvalue weighted by molar-refractivity contribution is 6.32. The molecule has 1 aromatic carbocycles. The summed E-state index contributed by atoms with van der Waals surface area (Å²) in [7, 11) is 1.38. The average Bonchev–Trinajstić information content (AvgIpc) is 2.51. The summed E-state index contributed by atoms with van der Waals surface area (Å²) in [6.45, 7) is 11.0. The Morgan fingerprint density at radius 3 is 2.71 bits per heavy atom. The lowest BCUT2D eigenvalue weighted by atomic mass is 9.78. The second-order valence-corrected chi connectivity index (χ2v) is 6.92. The molecule has 2 heterocycles. The zero-order chi connectivity index (χ0) is 17.6. The quantitative estimate of drug-likeness (QED) is 0.854. The Morgan fingerprint density at radius 1 is 1.33 bits per heavy atom. The van der Waals surface area contributed by atoms with Crippen LogP contribution in [-0.4, -0.2) is 23.6 Å². The second-order valence-electron chi connectivity index (χ2n) is 6.51. The molecule has 1 aliphatic rings. The maximum absolute atomic E-state index is 14.7. The topological polar surface area (TPSA) is 47.0 Å². The molecular weight excluding hydrogens is 329 g/mol. The summed E-state index contributed by atoms with van der Waals surface area (Å²) in [5.74, 6) is 0.389. The van der Waals surface area contributed by atoms with Gasteiger partial charge in [0.05, 0.1) is 23.4 Å². The molecule has 0 saturated carbocycles. The molecule has 2 aromatic rings. The van der Waals surface area contributed by atoms with Gasteiger partial charge in [-0.15, -0.1) is 0 Å². The number of anilines is 1. The summed E-state index contributed by atoms with van der Waals surface area (Å²) in [6.07, 6.45) is 0. The lowest BCUT2D eigenvalue weighted by molar-refractivity contribution is 0.387. The predicted octanol–water partition coefficient (Wildman–Crippen LogP) is 4.72. The van der Waals surface area contributed by atoms with E-state index < -0.39 is 5.82 Å². The number of rotatable bonds is 2. The molecule has 0 spiro atoms. The fraction of sp³-hybridized carbons (Fsp3) is 0.333. The normalized spacial score (nSPS) is 15.7. The van der Waals surface area contributed by atoms with E-state index in [9.17, 15) is 4.39 Å². The van der Waals surface area contributed by atoms with Gasteiger partial charge in [-0.25, -0.2) is 14.4 Å². The molecule has 1 aliphatic heterocycles. The Kier molecular flexibility index (Phi) is 4.00. The van der Waals surface area contributed by atoms with Crippen LogP contribution < -0.4 is 10.1 Å². The van der Waals surface area contributed by atoms with Gasteiger partial charge >= 0.3 is 0 Å². The largest absolute Gasteiger partial charge is 0.492 e. The Morgan fingerprint density at radius 2 is 2.04 bits per heavy atom. The predicted molar refractivity (Wildman–Crippen MR) is 95.0 cm³/mol. The van der Waals surface area contributed by atoms with Crippen LogP contribution in [0.1, 0.15) is 25.1 Å². The van der Waals surface area contributed by atoms with Crippen molar-refractivity contribution in [2.45, 2.75) is 20.8 Å². The van der Waals surface area contributed by atoms with E-state index >= 15 is 0 Å². The van der Waals surface area contributed by atoms with Crippen LogP contribution in [0.3, 0.4) is 0 Å². The van der Waals surface area contributed by atoms with Crippen molar-refractivity contribution in [3.8, 4) is 17.1 Å². The maximum Gasteiger partial charge on any atom is 0.177 e. The minimum atomic E-state index is -0.570. The number of fused-ring (bicyclic) bond motifs is 1. The number of nitrogens with zero attached hydrogens (tertiary/aromatic N) is 2. The SMILES string of the molecule is C=C1c2c(C)nc(-c3ccc(Cl)c(OC)c3F)nc2NCC1(C)C. The fourth-order valence-electron chi connectivity index (χ4n) is 2.82. The highest BCUT2D eigenvalue weighted by Gasteiger charge is 2.32. The first-order valence-corrected chi connectivity index (χ1v) is 7.98. The maximum atomic E-state index is 14.7. The Balaban J connectivity index is 2.17. The van der Waals surface area contributed by atoms with Gasteiger partial charge in [0.25, 0.3) is 0 Å². The zero-order valence-electron chi connectivity index (χ0n) is 14.1. The summed E-state index contributed by atoms with van der Waals surface area (Å²) in [5, 5.41) is 3.51. The molecule has 6 heteroatoms. The van der Waals surface area contributed by atoms with Crippen LogP contribution in [0.2, 0.25) is 5.02 Å². The number of aryl methyl sites for hydroxylation is 1. The number of benzene rings is 1. The van der Waals surface area contributed by atoms with Crippen molar-refractivity contribution in [2.75, 3.05) is 19.0 Å². The van der Waals surface area contributed by atoms with Crippen LogP contribution >= 0.6 is 11.6 Å². The van der Waals surface area contributed by atoms with E-state index in [1.165, 1.54) is 7.11 Å². The number of hydrogen-bond acceptors (Lipinski definition) is 4. The van der Waals surface area contributed by atoms with E-state index in [1.807, 2.05) is 6.92 Å². The summed E-state index contributed by atoms with van der Waals surface area (Å²) >= 11 is 5.96. The van der Waals surface area contributed by atoms with E-state index in [0.29, 0.717) is 18.2 Å². The molecule has 0 amide bonds. The first kappa shape index (κ1) is 16.7. The van der Waals surface area contributed by atoms with Crippen molar-refractivity contribution in [3.63, 3.8) is 0 Å². The summed E-state index contributed by atoms with van der Waals surface area (Å²) in [5.41, 5.74) is 2.80. The minimum absolute atomic E-state index is 0.00774. The molecule has 0 fully saturated rings. The Hall–Kier alpha value is -2.14. The smallest absolute Gasteiger partial charge is 0.177 e. The van der Waals surface area contributed by atoms with Crippen LogP contribution in [0.4, 0.5) is 10.2 Å². The first-order valence-electron chi connectivity index (χ1n) is 7.61. The molecule has 1 aromatic heterocycles. The number of nitrogens with one attached hydrogen (secondary N) is 1. The fourth-order valence-corrected chi connectivity index (χ4v) is 3.05. The van der Waals surface area contributed by atoms with E-state index in [1.54, 1.807) is 12.1 Å². The summed E-state index contributed by atoms with van der Waals surface area (Å²) in [6, 6.07) is 3.13. The monoisotopic (exact) mass is 347 g/mol. The van der Waals surface area contributed by atoms with E-state index in [4.69, 9.17) is 16.3 Å². The lowest BCUT2D eigenvalue weighted by Gasteiger charge is -2.35. The molecule has 3 rings (SSSR count). The number of ether oxygens (including phenoxy) is 1. The average molecular weight is 348 g/mol. The second kappa shape index (κ2) is 5.74. The molecule has 0 unspecified atom stereocenters. The highest BCUT2D eigenvalue weighted by atomic mass is 35.5. The number of hydrogen-bond donors (Lipinski definition) is 1. The molecule has 0 aliphatic carbocycles. The third kappa shape index (κ3) is 2.53. The van der Waals surface area contributed by atoms with E-state index in [0.717, 1.165) is 16.8 Å². The van der Waals surface area contributed by atoms with Crippen molar-refractivity contribution < 1.29 is 9.13 Å². The van der Waals surface area contributed by atoms with Crippen molar-refractivity contribution in [3.05, 3.63) is 40.8 Å². The number of methoxy groups -OCH3 is 1. The van der Waals surface area contributed by atoms with Gasteiger partial charge in [-0.05, 0) is 24.6 Å². The van der Waals surface area contributed by atoms with Crippen molar-refractivity contribution >= 4 is 23.0 Å². The van der Waals surface area contributed by atoms with Crippen molar-refractivity contribution in [2.24, 2.45) is 5.41 Å². The molecule has 0 atom stereocenters. The third-order valence-electron chi connectivity index (χ3n) is 4.40. The molecule has 126 valence electrons. The first-order chi connectivity index (χ1) is 11.3. The molecule has 4 nitrogen and oxygen atoms in total. The van der Waals surface area contributed by atoms with Crippen LogP contribution in [0.15, 0.2) is 18.7 Å². The van der Waals surface area contributed by atoms with Crippen molar-refractivity contribution in [1.82, 2.24) is 9.97 Å². The number of halogens is 2. The highest BCUT2D eigenvalue weighted by Crippen LogP contribution is 2.42. The molecular formula is C18H19ClFN3O. The van der Waals surface area contributed by atoms with Crippen molar-refractivity contribution in [1.29, 1.82) is 0 Å². The van der Waals surface area contributed by atoms with Crippen LogP contribution in [0.25, 0.3) is 17.0 Å². The van der Waals surface area contributed by atoms with Gasteiger partial charge in [-0.3, -0.25) is 0 Å². The van der Waals surface area contributed by atoms with E-state index in [-0.39, 0.29) is 21.8 Å². The molecule has 1 N–H and O–H groups in total. The van der Waals surface area contributed by atoms with Crippen LogP contribution in [-0.2, 0) is 0 Å². The molecule has 0 bridgehead atoms.